The van der Waals surface area contributed by atoms with Crippen molar-refractivity contribution in [2.75, 3.05) is 13.2 Å². The van der Waals surface area contributed by atoms with Gasteiger partial charge in [-0.25, -0.2) is 0 Å². The molecule has 0 saturated heterocycles. The third-order valence-corrected chi connectivity index (χ3v) is 15.2. The second-order valence-corrected chi connectivity index (χ2v) is 23.1. The highest BCUT2D eigenvalue weighted by atomic mass is 16.6. The Hall–Kier alpha value is -3.15. The predicted octanol–water partition coefficient (Wildman–Crippen LogP) is 23.7. The monoisotopic (exact) mass is 1100 g/mol. The molecule has 0 heterocycles. The molecule has 6 nitrogen and oxygen atoms in total. The fourth-order valence-electron chi connectivity index (χ4n) is 10.1. The lowest BCUT2D eigenvalue weighted by molar-refractivity contribution is -0.167. The minimum atomic E-state index is -0.809. The van der Waals surface area contributed by atoms with Gasteiger partial charge in [-0.05, 0) is 83.5 Å². The van der Waals surface area contributed by atoms with Gasteiger partial charge in [0.1, 0.15) is 13.2 Å². The Bertz CT molecular complexity index is 1450. The quantitative estimate of drug-likeness (QED) is 0.0261. The second kappa shape index (κ2) is 67.4. The summed E-state index contributed by atoms with van der Waals surface area (Å²) >= 11 is 0. The van der Waals surface area contributed by atoms with Gasteiger partial charge in [-0.15, -0.1) is 0 Å². The molecule has 0 aliphatic rings. The molecule has 0 spiro atoms. The van der Waals surface area contributed by atoms with Crippen LogP contribution in [0.25, 0.3) is 0 Å². The maximum Gasteiger partial charge on any atom is 0.306 e. The van der Waals surface area contributed by atoms with Crippen LogP contribution >= 0.6 is 0 Å². The Labute approximate surface area is 491 Å². The lowest BCUT2D eigenvalue weighted by Gasteiger charge is -2.18. The lowest BCUT2D eigenvalue weighted by atomic mass is 10.0. The van der Waals surface area contributed by atoms with E-state index in [0.29, 0.717) is 19.3 Å². The van der Waals surface area contributed by atoms with Gasteiger partial charge in [0.05, 0.1) is 0 Å². The van der Waals surface area contributed by atoms with Crippen LogP contribution in [-0.2, 0) is 28.6 Å². The topological polar surface area (TPSA) is 78.9 Å². The van der Waals surface area contributed by atoms with Gasteiger partial charge < -0.3 is 14.2 Å². The van der Waals surface area contributed by atoms with Crippen molar-refractivity contribution >= 4 is 17.9 Å². The number of rotatable bonds is 63. The van der Waals surface area contributed by atoms with Gasteiger partial charge in [0, 0.05) is 19.3 Å². The summed E-state index contributed by atoms with van der Waals surface area (Å²) in [5.41, 5.74) is 0. The van der Waals surface area contributed by atoms with Crippen molar-refractivity contribution in [2.24, 2.45) is 0 Å². The van der Waals surface area contributed by atoms with Gasteiger partial charge in [0.15, 0.2) is 6.10 Å². The first-order valence-corrected chi connectivity index (χ1v) is 34.4. The van der Waals surface area contributed by atoms with Crippen LogP contribution in [0.5, 0.6) is 0 Å². The summed E-state index contributed by atoms with van der Waals surface area (Å²) in [6.45, 7) is 6.52. The summed E-state index contributed by atoms with van der Waals surface area (Å²) in [4.78, 5) is 38.3. The van der Waals surface area contributed by atoms with Crippen molar-refractivity contribution in [3.63, 3.8) is 0 Å². The van der Waals surface area contributed by atoms with E-state index in [2.05, 4.69) is 93.7 Å². The van der Waals surface area contributed by atoms with Crippen LogP contribution in [0.15, 0.2) is 72.9 Å². The number of carbonyl (C=O) groups excluding carboxylic acids is 3. The normalized spacial score (nSPS) is 12.5. The SMILES string of the molecule is CC/C=C\C/C=C\C/C=C\C/C=C\C/C=C\CCCC(=O)OC(COC(=O)CCCCCCC/C=C\CCCCCCCCC)COC(=O)CCCCCCCCCCCCCCCCCCCCCCCCCCCCCC. The Kier molecular flexibility index (Phi) is 64.7. The zero-order valence-electron chi connectivity index (χ0n) is 52.6. The highest BCUT2D eigenvalue weighted by Crippen LogP contribution is 2.18. The summed E-state index contributed by atoms with van der Waals surface area (Å²) in [5.74, 6) is -0.947. The van der Waals surface area contributed by atoms with Gasteiger partial charge in [0.2, 0.25) is 0 Å². The number of ether oxygens (including phenoxy) is 3. The van der Waals surface area contributed by atoms with E-state index in [4.69, 9.17) is 14.2 Å². The average molecular weight is 1100 g/mol. The van der Waals surface area contributed by atoms with Crippen LogP contribution in [0, 0.1) is 0 Å². The minimum absolute atomic E-state index is 0.0976. The van der Waals surface area contributed by atoms with Crippen molar-refractivity contribution in [1.29, 1.82) is 0 Å². The summed E-state index contributed by atoms with van der Waals surface area (Å²) in [5, 5.41) is 0. The molecule has 0 aromatic heterocycles. The van der Waals surface area contributed by atoms with Crippen LogP contribution in [0.4, 0.5) is 0 Å². The Morgan fingerprint density at radius 1 is 0.266 bits per heavy atom. The highest BCUT2D eigenvalue weighted by Gasteiger charge is 2.19. The smallest absolute Gasteiger partial charge is 0.306 e. The van der Waals surface area contributed by atoms with Crippen LogP contribution in [-0.4, -0.2) is 37.2 Å². The molecule has 0 aliphatic carbocycles. The van der Waals surface area contributed by atoms with Crippen LogP contribution in [0.1, 0.15) is 355 Å². The molecule has 1 atom stereocenters. The Morgan fingerprint density at radius 3 is 0.823 bits per heavy atom. The van der Waals surface area contributed by atoms with E-state index in [9.17, 15) is 14.4 Å². The summed E-state index contributed by atoms with van der Waals surface area (Å²) in [6.07, 6.45) is 88.0. The molecule has 0 rings (SSSR count). The summed E-state index contributed by atoms with van der Waals surface area (Å²) < 4.78 is 16.9. The molecule has 0 N–H and O–H groups in total. The molecule has 0 aromatic carbocycles. The molecule has 79 heavy (non-hydrogen) atoms. The van der Waals surface area contributed by atoms with Crippen LogP contribution in [0.2, 0.25) is 0 Å². The number of unbranched alkanes of at least 4 members (excludes halogenated alkanes) is 40. The largest absolute Gasteiger partial charge is 0.462 e. The fourth-order valence-corrected chi connectivity index (χ4v) is 10.1. The van der Waals surface area contributed by atoms with Crippen LogP contribution in [0.3, 0.4) is 0 Å². The molecular weight excluding hydrogens is 973 g/mol. The summed E-state index contributed by atoms with van der Waals surface area (Å²) in [6, 6.07) is 0. The molecule has 458 valence electrons. The first-order valence-electron chi connectivity index (χ1n) is 34.4. The third-order valence-electron chi connectivity index (χ3n) is 15.2. The van der Waals surface area contributed by atoms with Gasteiger partial charge in [-0.2, -0.15) is 0 Å². The van der Waals surface area contributed by atoms with E-state index in [1.165, 1.54) is 225 Å². The maximum absolute atomic E-state index is 12.9. The number of allylic oxidation sites excluding steroid dienone is 12. The molecule has 1 unspecified atom stereocenters. The third kappa shape index (κ3) is 65.5. The van der Waals surface area contributed by atoms with E-state index in [1.54, 1.807) is 0 Å². The lowest BCUT2D eigenvalue weighted by Crippen LogP contribution is -2.30. The van der Waals surface area contributed by atoms with E-state index < -0.39 is 6.10 Å². The zero-order valence-corrected chi connectivity index (χ0v) is 52.6. The molecule has 0 amide bonds. The molecule has 0 fully saturated rings. The first kappa shape index (κ1) is 75.8. The molecular formula is C73H130O6. The molecule has 0 aromatic rings. The molecule has 0 radical (unpaired) electrons. The average Bonchev–Trinajstić information content (AvgIpc) is 3.45. The van der Waals surface area contributed by atoms with E-state index in [-0.39, 0.29) is 37.5 Å². The van der Waals surface area contributed by atoms with Gasteiger partial charge in [0.25, 0.3) is 0 Å². The van der Waals surface area contributed by atoms with E-state index in [0.717, 1.165) is 83.5 Å². The Balaban J connectivity index is 4.29. The summed E-state index contributed by atoms with van der Waals surface area (Å²) in [7, 11) is 0. The second-order valence-electron chi connectivity index (χ2n) is 23.1. The number of hydrogen-bond acceptors (Lipinski definition) is 6. The molecule has 0 aliphatic heterocycles. The minimum Gasteiger partial charge on any atom is -0.462 e. The number of carbonyl (C=O) groups is 3. The van der Waals surface area contributed by atoms with Crippen LogP contribution < -0.4 is 0 Å². The Morgan fingerprint density at radius 2 is 0.506 bits per heavy atom. The maximum atomic E-state index is 12.9. The highest BCUT2D eigenvalue weighted by molar-refractivity contribution is 5.71. The molecule has 0 saturated carbocycles. The van der Waals surface area contributed by atoms with E-state index in [1.807, 2.05) is 0 Å². The van der Waals surface area contributed by atoms with Gasteiger partial charge >= 0.3 is 17.9 Å². The zero-order chi connectivity index (χ0) is 57.1. The fraction of sp³-hybridized carbons (Fsp3) is 0.795. The van der Waals surface area contributed by atoms with Gasteiger partial charge in [-0.3, -0.25) is 14.4 Å². The van der Waals surface area contributed by atoms with Crippen molar-refractivity contribution in [1.82, 2.24) is 0 Å². The first-order chi connectivity index (χ1) is 39.0. The van der Waals surface area contributed by atoms with E-state index >= 15 is 0 Å². The van der Waals surface area contributed by atoms with Crippen molar-refractivity contribution in [3.8, 4) is 0 Å². The standard InChI is InChI=1S/C73H130O6/c1-4-7-10-13-16-19-22-25-28-31-32-33-34-35-36-37-38-39-40-41-43-45-48-51-54-57-60-63-66-72(75)78-69-70(68-77-71(74)65-62-59-56-53-50-47-44-30-27-24-21-18-15-12-9-6-3)79-73(76)67-64-61-58-55-52-49-46-42-29-26-23-20-17-14-11-8-5-2/h8,11,17,20,26,29-30,44,46,49,55,58,70H,4-7,9-10,12-16,18-19,21-25,27-28,31-43,45,47-48,50-54,56-57,59-69H2,1-3H3/b11-8-,20-17-,29-26-,44-30-,49-46-,58-55-. The molecule has 0 bridgehead atoms. The van der Waals surface area contributed by atoms with Gasteiger partial charge in [-0.1, -0.05) is 325 Å². The molecule has 6 heteroatoms. The van der Waals surface area contributed by atoms with Crippen molar-refractivity contribution in [2.45, 2.75) is 361 Å². The van der Waals surface area contributed by atoms with Crippen molar-refractivity contribution in [3.05, 3.63) is 72.9 Å². The van der Waals surface area contributed by atoms with Crippen molar-refractivity contribution < 1.29 is 28.6 Å². The number of hydrogen-bond donors (Lipinski definition) is 0. The predicted molar refractivity (Wildman–Crippen MR) is 344 cm³/mol. The number of esters is 3.